The summed E-state index contributed by atoms with van der Waals surface area (Å²) >= 11 is 0. The van der Waals surface area contributed by atoms with Crippen LogP contribution in [0.25, 0.3) is 0 Å². The van der Waals surface area contributed by atoms with Gasteiger partial charge in [-0.05, 0) is 50.6 Å². The van der Waals surface area contributed by atoms with Gasteiger partial charge in [-0.1, -0.05) is 36.4 Å². The lowest BCUT2D eigenvalue weighted by molar-refractivity contribution is 0.415. The van der Waals surface area contributed by atoms with Crippen LogP contribution in [0.4, 0.5) is 5.69 Å². The van der Waals surface area contributed by atoms with E-state index in [1.54, 1.807) is 7.11 Å². The molecule has 1 aliphatic rings. The van der Waals surface area contributed by atoms with Crippen molar-refractivity contribution in [3.05, 3.63) is 60.2 Å². The Morgan fingerprint density at radius 1 is 1.26 bits per heavy atom. The summed E-state index contributed by atoms with van der Waals surface area (Å²) < 4.78 is 5.34. The average Bonchev–Trinajstić information content (AvgIpc) is 2.83. The van der Waals surface area contributed by atoms with Crippen molar-refractivity contribution in [1.29, 1.82) is 0 Å². The molecule has 3 nitrogen and oxygen atoms in total. The minimum absolute atomic E-state index is 0.517. The van der Waals surface area contributed by atoms with E-state index in [1.165, 1.54) is 11.3 Å². The van der Waals surface area contributed by atoms with Gasteiger partial charge in [0.25, 0.3) is 0 Å². The third kappa shape index (κ3) is 5.29. The predicted molar refractivity (Wildman–Crippen MR) is 99.3 cm³/mol. The molecular weight excluding hydrogens is 284 g/mol. The quantitative estimate of drug-likeness (QED) is 0.790. The van der Waals surface area contributed by atoms with Gasteiger partial charge in [0.1, 0.15) is 5.75 Å². The molecule has 1 N–H and O–H groups in total. The molecule has 2 rings (SSSR count). The number of nitrogens with zero attached hydrogens (tertiary/aromatic N) is 1. The first-order valence-electron chi connectivity index (χ1n) is 8.36. The molecule has 1 aliphatic carbocycles. The third-order valence-corrected chi connectivity index (χ3v) is 4.13. The van der Waals surface area contributed by atoms with E-state index >= 15 is 0 Å². The predicted octanol–water partition coefficient (Wildman–Crippen LogP) is 3.80. The fourth-order valence-electron chi connectivity index (χ4n) is 2.71. The lowest BCUT2D eigenvalue weighted by Gasteiger charge is -2.24. The molecule has 0 amide bonds. The van der Waals surface area contributed by atoms with E-state index in [9.17, 15) is 0 Å². The fraction of sp³-hybridized carbons (Fsp3) is 0.400. The summed E-state index contributed by atoms with van der Waals surface area (Å²) in [5.41, 5.74) is 2.53. The van der Waals surface area contributed by atoms with E-state index in [0.29, 0.717) is 5.92 Å². The molecule has 0 spiro atoms. The Labute approximate surface area is 140 Å². The average molecular weight is 312 g/mol. The number of anilines is 1. The Hall–Kier alpha value is -2.00. The summed E-state index contributed by atoms with van der Waals surface area (Å²) in [4.78, 5) is 2.36. The molecule has 0 aromatic heterocycles. The molecule has 3 heteroatoms. The molecule has 1 unspecified atom stereocenters. The van der Waals surface area contributed by atoms with E-state index in [1.807, 2.05) is 19.2 Å². The number of methoxy groups -OCH3 is 1. The van der Waals surface area contributed by atoms with Gasteiger partial charge in [0.2, 0.25) is 0 Å². The summed E-state index contributed by atoms with van der Waals surface area (Å²) in [6, 6.07) is 8.26. The number of allylic oxidation sites excluding steroid dienone is 4. The third-order valence-electron chi connectivity index (χ3n) is 4.13. The van der Waals surface area contributed by atoms with Crippen LogP contribution in [0, 0.1) is 5.92 Å². The summed E-state index contributed by atoms with van der Waals surface area (Å²) in [5, 5.41) is 3.22. The first-order chi connectivity index (χ1) is 11.3. The lowest BCUT2D eigenvalue weighted by atomic mass is 10.0. The lowest BCUT2D eigenvalue weighted by Crippen LogP contribution is -2.24. The molecule has 0 radical (unpaired) electrons. The van der Waals surface area contributed by atoms with Crippen LogP contribution in [0.15, 0.2) is 60.2 Å². The van der Waals surface area contributed by atoms with Crippen molar-refractivity contribution < 1.29 is 4.74 Å². The van der Waals surface area contributed by atoms with Gasteiger partial charge >= 0.3 is 0 Å². The van der Waals surface area contributed by atoms with Gasteiger partial charge in [0.15, 0.2) is 0 Å². The molecule has 1 aromatic carbocycles. The number of hydrogen-bond acceptors (Lipinski definition) is 3. The molecule has 23 heavy (non-hydrogen) atoms. The Bertz CT molecular complexity index is 575. The van der Waals surface area contributed by atoms with Crippen molar-refractivity contribution in [1.82, 2.24) is 5.32 Å². The van der Waals surface area contributed by atoms with Crippen molar-refractivity contribution in [3.63, 3.8) is 0 Å². The standard InChI is InChI=1S/C20H28N2O/c1-4-22(19-9-6-10-20(15-19)23-3)16-18-8-5-7-17(11-12-18)13-14-21-2/h5-12,15,17,21H,4,13-14,16H2,1-3H3. The van der Waals surface area contributed by atoms with Crippen molar-refractivity contribution >= 4 is 5.69 Å². The molecule has 0 heterocycles. The van der Waals surface area contributed by atoms with Gasteiger partial charge in [0, 0.05) is 24.8 Å². The number of rotatable bonds is 8. The zero-order valence-corrected chi connectivity index (χ0v) is 14.5. The minimum atomic E-state index is 0.517. The molecule has 1 aromatic rings. The first kappa shape index (κ1) is 17.4. The minimum Gasteiger partial charge on any atom is -0.497 e. The molecule has 0 aliphatic heterocycles. The number of hydrogen-bond donors (Lipinski definition) is 1. The summed E-state index contributed by atoms with van der Waals surface area (Å²) in [5.74, 6) is 1.42. The second kappa shape index (κ2) is 9.21. The van der Waals surface area contributed by atoms with E-state index in [2.05, 4.69) is 59.7 Å². The molecular formula is C20H28N2O. The van der Waals surface area contributed by atoms with Crippen LogP contribution >= 0.6 is 0 Å². The number of likely N-dealkylation sites (N-methyl/N-ethyl adjacent to an activating group) is 1. The Kier molecular flexibility index (Phi) is 6.95. The maximum atomic E-state index is 5.34. The summed E-state index contributed by atoms with van der Waals surface area (Å²) in [6.07, 6.45) is 12.4. The first-order valence-corrected chi connectivity index (χ1v) is 8.36. The fourth-order valence-corrected chi connectivity index (χ4v) is 2.71. The van der Waals surface area contributed by atoms with Crippen LogP contribution in [0.3, 0.4) is 0 Å². The number of benzene rings is 1. The molecule has 1 atom stereocenters. The SMILES string of the molecule is CCN(CC1=CC=CC(CCNC)C=C1)c1cccc(OC)c1. The van der Waals surface area contributed by atoms with Gasteiger partial charge in [-0.25, -0.2) is 0 Å². The zero-order valence-electron chi connectivity index (χ0n) is 14.5. The van der Waals surface area contributed by atoms with Gasteiger partial charge in [-0.15, -0.1) is 0 Å². The van der Waals surface area contributed by atoms with Crippen molar-refractivity contribution in [3.8, 4) is 5.75 Å². The Morgan fingerprint density at radius 3 is 2.87 bits per heavy atom. The maximum Gasteiger partial charge on any atom is 0.120 e. The van der Waals surface area contributed by atoms with E-state index in [-0.39, 0.29) is 0 Å². The number of nitrogens with one attached hydrogen (secondary N) is 1. The highest BCUT2D eigenvalue weighted by Crippen LogP contribution is 2.22. The number of ether oxygens (including phenoxy) is 1. The smallest absolute Gasteiger partial charge is 0.120 e. The van der Waals surface area contributed by atoms with E-state index in [4.69, 9.17) is 4.74 Å². The van der Waals surface area contributed by atoms with Crippen molar-refractivity contribution in [2.24, 2.45) is 5.92 Å². The van der Waals surface area contributed by atoms with Crippen molar-refractivity contribution in [2.75, 3.05) is 38.7 Å². The zero-order chi connectivity index (χ0) is 16.5. The molecule has 0 saturated heterocycles. The van der Waals surface area contributed by atoms with Crippen molar-refractivity contribution in [2.45, 2.75) is 13.3 Å². The topological polar surface area (TPSA) is 24.5 Å². The van der Waals surface area contributed by atoms with Crippen LogP contribution in [-0.2, 0) is 0 Å². The summed E-state index contributed by atoms with van der Waals surface area (Å²) in [7, 11) is 3.71. The van der Waals surface area contributed by atoms with Gasteiger partial charge in [-0.3, -0.25) is 0 Å². The second-order valence-electron chi connectivity index (χ2n) is 5.76. The van der Waals surface area contributed by atoms with E-state index in [0.717, 1.165) is 31.8 Å². The van der Waals surface area contributed by atoms with Gasteiger partial charge < -0.3 is 15.0 Å². The van der Waals surface area contributed by atoms with Gasteiger partial charge in [0.05, 0.1) is 7.11 Å². The van der Waals surface area contributed by atoms with E-state index < -0.39 is 0 Å². The highest BCUT2D eigenvalue weighted by molar-refractivity contribution is 5.52. The van der Waals surface area contributed by atoms with Crippen LogP contribution in [-0.4, -0.2) is 33.8 Å². The Balaban J connectivity index is 2.04. The monoisotopic (exact) mass is 312 g/mol. The maximum absolute atomic E-state index is 5.34. The van der Waals surface area contributed by atoms with Crippen LogP contribution in [0.2, 0.25) is 0 Å². The highest BCUT2D eigenvalue weighted by atomic mass is 16.5. The second-order valence-corrected chi connectivity index (χ2v) is 5.76. The molecule has 0 bridgehead atoms. The van der Waals surface area contributed by atoms with Gasteiger partial charge in [-0.2, -0.15) is 0 Å². The van der Waals surface area contributed by atoms with Crippen LogP contribution in [0.5, 0.6) is 5.75 Å². The molecule has 0 saturated carbocycles. The highest BCUT2D eigenvalue weighted by Gasteiger charge is 2.09. The summed E-state index contributed by atoms with van der Waals surface area (Å²) in [6.45, 7) is 5.10. The van der Waals surface area contributed by atoms with Crippen LogP contribution in [0.1, 0.15) is 13.3 Å². The largest absolute Gasteiger partial charge is 0.497 e. The molecule has 0 fully saturated rings. The molecule has 124 valence electrons. The normalized spacial score (nSPS) is 16.8. The van der Waals surface area contributed by atoms with Crippen LogP contribution < -0.4 is 15.0 Å². The Morgan fingerprint density at radius 2 is 2.13 bits per heavy atom.